The largest absolute Gasteiger partial charge is 0.387 e. The van der Waals surface area contributed by atoms with Crippen LogP contribution in [0.4, 0.5) is 9.18 Å². The average molecular weight is 323 g/mol. The van der Waals surface area contributed by atoms with Crippen LogP contribution in [0.1, 0.15) is 37.4 Å². The van der Waals surface area contributed by atoms with Crippen LogP contribution in [0.15, 0.2) is 24.3 Å². The zero-order valence-corrected chi connectivity index (χ0v) is 13.6. The van der Waals surface area contributed by atoms with Crippen LogP contribution in [0.5, 0.6) is 0 Å². The number of benzene rings is 1. The SMILES string of the molecule is CN(CCNC(=O)NCC(O)c1cccc(F)c1)C1CCCC1. The minimum atomic E-state index is -0.919. The van der Waals surface area contributed by atoms with E-state index < -0.39 is 11.9 Å². The first-order chi connectivity index (χ1) is 11.1. The third-order valence-electron chi connectivity index (χ3n) is 4.39. The second kappa shape index (κ2) is 8.84. The molecule has 5 nitrogen and oxygen atoms in total. The van der Waals surface area contributed by atoms with Crippen LogP contribution in [0.2, 0.25) is 0 Å². The van der Waals surface area contributed by atoms with E-state index in [1.54, 1.807) is 6.07 Å². The van der Waals surface area contributed by atoms with Crippen LogP contribution in [-0.4, -0.2) is 48.8 Å². The van der Waals surface area contributed by atoms with Gasteiger partial charge in [-0.25, -0.2) is 9.18 Å². The molecule has 23 heavy (non-hydrogen) atoms. The normalized spacial score (nSPS) is 16.5. The third-order valence-corrected chi connectivity index (χ3v) is 4.39. The van der Waals surface area contributed by atoms with Gasteiger partial charge in [-0.05, 0) is 37.6 Å². The van der Waals surface area contributed by atoms with Crippen LogP contribution in [0, 0.1) is 5.82 Å². The molecule has 0 spiro atoms. The summed E-state index contributed by atoms with van der Waals surface area (Å²) in [4.78, 5) is 14.0. The number of urea groups is 1. The summed E-state index contributed by atoms with van der Waals surface area (Å²) in [7, 11) is 2.09. The van der Waals surface area contributed by atoms with Crippen molar-refractivity contribution >= 4 is 6.03 Å². The van der Waals surface area contributed by atoms with Gasteiger partial charge in [0, 0.05) is 25.7 Å². The van der Waals surface area contributed by atoms with Crippen molar-refractivity contribution in [2.75, 3.05) is 26.7 Å². The number of carbonyl (C=O) groups is 1. The Morgan fingerprint density at radius 3 is 2.83 bits per heavy atom. The summed E-state index contributed by atoms with van der Waals surface area (Å²) in [6.45, 7) is 1.42. The van der Waals surface area contributed by atoms with Crippen LogP contribution in [-0.2, 0) is 0 Å². The van der Waals surface area contributed by atoms with Crippen molar-refractivity contribution in [2.45, 2.75) is 37.8 Å². The number of carbonyl (C=O) groups excluding carboxylic acids is 1. The molecule has 6 heteroatoms. The number of amides is 2. The molecule has 2 amide bonds. The van der Waals surface area contributed by atoms with Crippen molar-refractivity contribution in [3.8, 4) is 0 Å². The lowest BCUT2D eigenvalue weighted by molar-refractivity contribution is 0.172. The van der Waals surface area contributed by atoms with E-state index in [9.17, 15) is 14.3 Å². The summed E-state index contributed by atoms with van der Waals surface area (Å²) in [6.07, 6.45) is 4.14. The van der Waals surface area contributed by atoms with Gasteiger partial charge in [0.1, 0.15) is 5.82 Å². The molecule has 2 rings (SSSR count). The van der Waals surface area contributed by atoms with E-state index >= 15 is 0 Å². The predicted molar refractivity (Wildman–Crippen MR) is 87.6 cm³/mol. The predicted octanol–water partition coefficient (Wildman–Crippen LogP) is 2.03. The molecule has 1 aliphatic rings. The van der Waals surface area contributed by atoms with E-state index in [2.05, 4.69) is 22.6 Å². The molecule has 0 radical (unpaired) electrons. The Hall–Kier alpha value is -1.66. The highest BCUT2D eigenvalue weighted by molar-refractivity contribution is 5.73. The van der Waals surface area contributed by atoms with Gasteiger partial charge in [0.15, 0.2) is 0 Å². The van der Waals surface area contributed by atoms with Gasteiger partial charge in [-0.2, -0.15) is 0 Å². The molecule has 0 bridgehead atoms. The number of hydrogen-bond donors (Lipinski definition) is 3. The Morgan fingerprint density at radius 1 is 1.39 bits per heavy atom. The van der Waals surface area contributed by atoms with E-state index in [1.165, 1.54) is 43.9 Å². The van der Waals surface area contributed by atoms with E-state index in [1.807, 2.05) is 0 Å². The van der Waals surface area contributed by atoms with Gasteiger partial charge in [-0.1, -0.05) is 25.0 Å². The van der Waals surface area contributed by atoms with E-state index in [0.717, 1.165) is 6.54 Å². The van der Waals surface area contributed by atoms with Crippen LogP contribution >= 0.6 is 0 Å². The van der Waals surface area contributed by atoms with Crippen molar-refractivity contribution in [3.63, 3.8) is 0 Å². The highest BCUT2D eigenvalue weighted by atomic mass is 19.1. The van der Waals surface area contributed by atoms with Gasteiger partial charge in [0.05, 0.1) is 6.10 Å². The fraction of sp³-hybridized carbons (Fsp3) is 0.588. The summed E-state index contributed by atoms with van der Waals surface area (Å²) in [5, 5.41) is 15.3. The van der Waals surface area contributed by atoms with Crippen LogP contribution in [0.3, 0.4) is 0 Å². The highest BCUT2D eigenvalue weighted by Gasteiger charge is 2.19. The molecule has 1 aromatic carbocycles. The van der Waals surface area contributed by atoms with Gasteiger partial charge in [-0.15, -0.1) is 0 Å². The second-order valence-corrected chi connectivity index (χ2v) is 6.13. The average Bonchev–Trinajstić information content (AvgIpc) is 3.07. The lowest BCUT2D eigenvalue weighted by atomic mass is 10.1. The number of aliphatic hydroxyl groups is 1. The highest BCUT2D eigenvalue weighted by Crippen LogP contribution is 2.21. The summed E-state index contributed by atoms with van der Waals surface area (Å²) >= 11 is 0. The summed E-state index contributed by atoms with van der Waals surface area (Å²) < 4.78 is 13.1. The van der Waals surface area contributed by atoms with E-state index in [0.29, 0.717) is 18.2 Å². The first-order valence-electron chi connectivity index (χ1n) is 8.21. The minimum absolute atomic E-state index is 0.0494. The zero-order valence-electron chi connectivity index (χ0n) is 13.6. The molecule has 0 aromatic heterocycles. The quantitative estimate of drug-likeness (QED) is 0.719. The monoisotopic (exact) mass is 323 g/mol. The molecule has 1 aromatic rings. The number of nitrogens with zero attached hydrogens (tertiary/aromatic N) is 1. The number of likely N-dealkylation sites (N-methyl/N-ethyl adjacent to an activating group) is 1. The van der Waals surface area contributed by atoms with Gasteiger partial charge < -0.3 is 20.6 Å². The Labute approximate surface area is 136 Å². The van der Waals surface area contributed by atoms with E-state index in [4.69, 9.17) is 0 Å². The second-order valence-electron chi connectivity index (χ2n) is 6.13. The Morgan fingerprint density at radius 2 is 2.13 bits per heavy atom. The fourth-order valence-corrected chi connectivity index (χ4v) is 2.96. The number of nitrogens with one attached hydrogen (secondary N) is 2. The molecule has 1 atom stereocenters. The van der Waals surface area contributed by atoms with Crippen molar-refractivity contribution in [3.05, 3.63) is 35.6 Å². The summed E-state index contributed by atoms with van der Waals surface area (Å²) in [5.41, 5.74) is 0.450. The minimum Gasteiger partial charge on any atom is -0.387 e. The lowest BCUT2D eigenvalue weighted by Crippen LogP contribution is -2.42. The summed E-state index contributed by atoms with van der Waals surface area (Å²) in [5.74, 6) is -0.402. The Kier molecular flexibility index (Phi) is 6.80. The number of rotatable bonds is 7. The number of halogens is 1. The maximum atomic E-state index is 13.1. The van der Waals surface area contributed by atoms with Crippen molar-refractivity contribution in [1.29, 1.82) is 0 Å². The van der Waals surface area contributed by atoms with Crippen molar-refractivity contribution in [2.24, 2.45) is 0 Å². The van der Waals surface area contributed by atoms with Gasteiger partial charge in [0.25, 0.3) is 0 Å². The molecule has 1 fully saturated rings. The zero-order chi connectivity index (χ0) is 16.7. The molecule has 0 aliphatic heterocycles. The Balaban J connectivity index is 1.63. The summed E-state index contributed by atoms with van der Waals surface area (Å²) in [6, 6.07) is 6.06. The van der Waals surface area contributed by atoms with Gasteiger partial charge in [-0.3, -0.25) is 0 Å². The standard InChI is InChI=1S/C17H26FN3O2/c1-21(15-7-2-3-8-15)10-9-19-17(23)20-12-16(22)13-5-4-6-14(18)11-13/h4-6,11,15-16,22H,2-3,7-10,12H2,1H3,(H2,19,20,23). The van der Waals surface area contributed by atoms with Gasteiger partial charge >= 0.3 is 6.03 Å². The topological polar surface area (TPSA) is 64.6 Å². The van der Waals surface area contributed by atoms with E-state index in [-0.39, 0.29) is 12.6 Å². The maximum absolute atomic E-state index is 13.1. The first kappa shape index (κ1) is 17.7. The van der Waals surface area contributed by atoms with Crippen molar-refractivity contribution < 1.29 is 14.3 Å². The molecular formula is C17H26FN3O2. The molecule has 3 N–H and O–H groups in total. The first-order valence-corrected chi connectivity index (χ1v) is 8.21. The Bertz CT molecular complexity index is 506. The number of hydrogen-bond acceptors (Lipinski definition) is 3. The van der Waals surface area contributed by atoms with Crippen molar-refractivity contribution in [1.82, 2.24) is 15.5 Å². The molecule has 1 unspecified atom stereocenters. The third kappa shape index (κ3) is 5.80. The van der Waals surface area contributed by atoms with Crippen LogP contribution < -0.4 is 10.6 Å². The molecule has 1 saturated carbocycles. The van der Waals surface area contributed by atoms with Gasteiger partial charge in [0.2, 0.25) is 0 Å². The molecule has 128 valence electrons. The smallest absolute Gasteiger partial charge is 0.314 e. The molecule has 0 heterocycles. The maximum Gasteiger partial charge on any atom is 0.314 e. The lowest BCUT2D eigenvalue weighted by Gasteiger charge is -2.24. The molecule has 0 saturated heterocycles. The fourth-order valence-electron chi connectivity index (χ4n) is 2.96. The van der Waals surface area contributed by atoms with Crippen LogP contribution in [0.25, 0.3) is 0 Å². The molecule has 1 aliphatic carbocycles. The molecular weight excluding hydrogens is 297 g/mol. The number of aliphatic hydroxyl groups excluding tert-OH is 1.